The second kappa shape index (κ2) is 5.25. The van der Waals surface area contributed by atoms with Crippen LogP contribution in [0.15, 0.2) is 54.9 Å². The van der Waals surface area contributed by atoms with Crippen LogP contribution in [0.1, 0.15) is 10.4 Å². The van der Waals surface area contributed by atoms with Gasteiger partial charge in [-0.15, -0.1) is 0 Å². The highest BCUT2D eigenvalue weighted by atomic mass is 16.5. The van der Waals surface area contributed by atoms with E-state index >= 15 is 0 Å². The Morgan fingerprint density at radius 3 is 2.35 bits per heavy atom. The summed E-state index contributed by atoms with van der Waals surface area (Å²) in [4.78, 5) is 11.9. The smallest absolute Gasteiger partial charge is 0.227 e. The van der Waals surface area contributed by atoms with E-state index in [4.69, 9.17) is 4.74 Å². The summed E-state index contributed by atoms with van der Waals surface area (Å²) < 4.78 is 6.89. The Morgan fingerprint density at radius 1 is 1.12 bits per heavy atom. The van der Waals surface area contributed by atoms with Crippen molar-refractivity contribution in [2.75, 3.05) is 7.11 Å². The number of nitrogens with zero attached hydrogens (tertiary/aromatic N) is 1. The SMILES string of the molecule is COc1cc[n+](CC(=O)c2ccccc2)cc1. The van der Waals surface area contributed by atoms with E-state index < -0.39 is 0 Å². The molecular formula is C14H14NO2+. The van der Waals surface area contributed by atoms with E-state index in [1.54, 1.807) is 7.11 Å². The molecule has 0 aliphatic carbocycles. The number of carbonyl (C=O) groups is 1. The van der Waals surface area contributed by atoms with Gasteiger partial charge in [0.2, 0.25) is 12.3 Å². The van der Waals surface area contributed by atoms with E-state index in [2.05, 4.69) is 0 Å². The summed E-state index contributed by atoms with van der Waals surface area (Å²) in [5, 5.41) is 0. The molecule has 1 heterocycles. The second-order valence-corrected chi connectivity index (χ2v) is 3.70. The summed E-state index contributed by atoms with van der Waals surface area (Å²) in [6.45, 7) is 0.341. The molecular weight excluding hydrogens is 214 g/mol. The number of Topliss-reactive ketones (excluding diaryl/α,β-unsaturated/α-hetero) is 1. The average Bonchev–Trinajstić information content (AvgIpc) is 2.40. The largest absolute Gasteiger partial charge is 0.496 e. The van der Waals surface area contributed by atoms with Crippen LogP contribution in [0.3, 0.4) is 0 Å². The Balaban J connectivity index is 2.08. The Bertz CT molecular complexity index is 491. The van der Waals surface area contributed by atoms with Gasteiger partial charge < -0.3 is 4.74 Å². The zero-order valence-corrected chi connectivity index (χ0v) is 9.67. The lowest BCUT2D eigenvalue weighted by Gasteiger charge is -1.99. The number of hydrogen-bond donors (Lipinski definition) is 0. The third-order valence-electron chi connectivity index (χ3n) is 2.52. The van der Waals surface area contributed by atoms with E-state index in [0.29, 0.717) is 6.54 Å². The summed E-state index contributed by atoms with van der Waals surface area (Å²) in [5.74, 6) is 0.883. The molecule has 0 N–H and O–H groups in total. The van der Waals surface area contributed by atoms with Crippen LogP contribution in [0.25, 0.3) is 0 Å². The van der Waals surface area contributed by atoms with Gasteiger partial charge in [-0.3, -0.25) is 4.79 Å². The number of aromatic nitrogens is 1. The molecule has 0 bridgehead atoms. The number of rotatable bonds is 4. The minimum Gasteiger partial charge on any atom is -0.496 e. The zero-order valence-electron chi connectivity index (χ0n) is 9.67. The van der Waals surface area contributed by atoms with Gasteiger partial charge in [0.05, 0.1) is 7.11 Å². The van der Waals surface area contributed by atoms with Gasteiger partial charge >= 0.3 is 0 Å². The molecule has 0 aliphatic rings. The van der Waals surface area contributed by atoms with Crippen LogP contribution >= 0.6 is 0 Å². The van der Waals surface area contributed by atoms with Crippen molar-refractivity contribution >= 4 is 5.78 Å². The quantitative estimate of drug-likeness (QED) is 0.590. The van der Waals surface area contributed by atoms with Crippen molar-refractivity contribution in [2.45, 2.75) is 6.54 Å². The number of benzene rings is 1. The molecule has 1 aromatic carbocycles. The number of ketones is 1. The Kier molecular flexibility index (Phi) is 3.50. The molecule has 17 heavy (non-hydrogen) atoms. The van der Waals surface area contributed by atoms with Crippen molar-refractivity contribution in [3.8, 4) is 5.75 Å². The fraction of sp³-hybridized carbons (Fsp3) is 0.143. The monoisotopic (exact) mass is 228 g/mol. The first-order chi connectivity index (χ1) is 8.29. The van der Waals surface area contributed by atoms with Gasteiger partial charge in [0.15, 0.2) is 12.4 Å². The highest BCUT2D eigenvalue weighted by molar-refractivity contribution is 5.94. The molecule has 0 saturated carbocycles. The summed E-state index contributed by atoms with van der Waals surface area (Å²) >= 11 is 0. The molecule has 1 aromatic heterocycles. The number of carbonyl (C=O) groups excluding carboxylic acids is 1. The van der Waals surface area contributed by atoms with Gasteiger partial charge in [-0.1, -0.05) is 30.3 Å². The fourth-order valence-electron chi connectivity index (χ4n) is 1.57. The lowest BCUT2D eigenvalue weighted by molar-refractivity contribution is -0.683. The van der Waals surface area contributed by atoms with Crippen molar-refractivity contribution in [2.24, 2.45) is 0 Å². The van der Waals surface area contributed by atoms with Crippen LogP contribution in [0.5, 0.6) is 5.75 Å². The minimum absolute atomic E-state index is 0.0979. The van der Waals surface area contributed by atoms with E-state index in [1.807, 2.05) is 59.4 Å². The number of methoxy groups -OCH3 is 1. The lowest BCUT2D eigenvalue weighted by atomic mass is 10.1. The molecule has 2 aromatic rings. The first-order valence-electron chi connectivity index (χ1n) is 5.41. The fourth-order valence-corrected chi connectivity index (χ4v) is 1.57. The molecule has 0 fully saturated rings. The Morgan fingerprint density at radius 2 is 1.76 bits per heavy atom. The van der Waals surface area contributed by atoms with Gasteiger partial charge in [0.1, 0.15) is 5.75 Å². The highest BCUT2D eigenvalue weighted by Gasteiger charge is 2.11. The molecule has 0 unspecified atom stereocenters. The summed E-state index contributed by atoms with van der Waals surface area (Å²) in [5.41, 5.74) is 0.732. The molecule has 3 heteroatoms. The highest BCUT2D eigenvalue weighted by Crippen LogP contribution is 2.04. The lowest BCUT2D eigenvalue weighted by Crippen LogP contribution is -2.36. The van der Waals surface area contributed by atoms with Gasteiger partial charge in [0.25, 0.3) is 0 Å². The van der Waals surface area contributed by atoms with E-state index in [9.17, 15) is 4.79 Å². The summed E-state index contributed by atoms with van der Waals surface area (Å²) in [7, 11) is 1.62. The predicted molar refractivity (Wildman–Crippen MR) is 64.0 cm³/mol. The van der Waals surface area contributed by atoms with Crippen molar-refractivity contribution in [1.82, 2.24) is 0 Å². The second-order valence-electron chi connectivity index (χ2n) is 3.70. The molecule has 86 valence electrons. The van der Waals surface area contributed by atoms with Crippen LogP contribution < -0.4 is 9.30 Å². The van der Waals surface area contributed by atoms with E-state index in [-0.39, 0.29) is 5.78 Å². The van der Waals surface area contributed by atoms with Crippen molar-refractivity contribution < 1.29 is 14.1 Å². The van der Waals surface area contributed by atoms with E-state index in [0.717, 1.165) is 11.3 Å². The van der Waals surface area contributed by atoms with Gasteiger partial charge in [0, 0.05) is 17.7 Å². The van der Waals surface area contributed by atoms with E-state index in [1.165, 1.54) is 0 Å². The summed E-state index contributed by atoms with van der Waals surface area (Å²) in [6.07, 6.45) is 3.67. The Labute approximate surface area is 100 Å². The van der Waals surface area contributed by atoms with Crippen LogP contribution in [0.4, 0.5) is 0 Å². The van der Waals surface area contributed by atoms with Crippen LogP contribution in [-0.4, -0.2) is 12.9 Å². The van der Waals surface area contributed by atoms with Gasteiger partial charge in [-0.2, -0.15) is 4.57 Å². The third kappa shape index (κ3) is 2.91. The van der Waals surface area contributed by atoms with Crippen molar-refractivity contribution in [3.63, 3.8) is 0 Å². The maximum absolute atomic E-state index is 11.9. The van der Waals surface area contributed by atoms with Crippen molar-refractivity contribution in [1.29, 1.82) is 0 Å². The Hall–Kier alpha value is -2.16. The summed E-state index contributed by atoms with van der Waals surface area (Å²) in [6, 6.07) is 12.9. The average molecular weight is 228 g/mol. The molecule has 0 saturated heterocycles. The standard InChI is InChI=1S/C14H14NO2/c1-17-13-7-9-15(10-8-13)11-14(16)12-5-3-2-4-6-12/h2-10H,11H2,1H3/q+1. The van der Waals surface area contributed by atoms with Crippen molar-refractivity contribution in [3.05, 3.63) is 60.4 Å². The molecule has 3 nitrogen and oxygen atoms in total. The van der Waals surface area contributed by atoms with Crippen LogP contribution in [0.2, 0.25) is 0 Å². The molecule has 2 rings (SSSR count). The molecule has 0 aliphatic heterocycles. The van der Waals surface area contributed by atoms with Gasteiger partial charge in [-0.25, -0.2) is 0 Å². The maximum atomic E-state index is 11.9. The zero-order chi connectivity index (χ0) is 12.1. The van der Waals surface area contributed by atoms with Crippen LogP contribution in [0, 0.1) is 0 Å². The first kappa shape index (κ1) is 11.3. The molecule has 0 atom stereocenters. The molecule has 0 radical (unpaired) electrons. The van der Waals surface area contributed by atoms with Gasteiger partial charge in [-0.05, 0) is 0 Å². The number of ether oxygens (including phenoxy) is 1. The topological polar surface area (TPSA) is 30.2 Å². The third-order valence-corrected chi connectivity index (χ3v) is 2.52. The first-order valence-corrected chi connectivity index (χ1v) is 5.41. The molecule has 0 amide bonds. The minimum atomic E-state index is 0.0979. The predicted octanol–water partition coefficient (Wildman–Crippen LogP) is 1.87. The number of hydrogen-bond acceptors (Lipinski definition) is 2. The number of pyridine rings is 1. The maximum Gasteiger partial charge on any atom is 0.227 e. The van der Waals surface area contributed by atoms with Crippen LogP contribution in [-0.2, 0) is 6.54 Å². The normalized spacial score (nSPS) is 9.94. The molecule has 0 spiro atoms.